The molecule has 0 fully saturated rings. The fourth-order valence-electron chi connectivity index (χ4n) is 2.61. The van der Waals surface area contributed by atoms with Gasteiger partial charge >= 0.3 is 0 Å². The summed E-state index contributed by atoms with van der Waals surface area (Å²) in [6, 6.07) is 4.35. The second kappa shape index (κ2) is 5.26. The van der Waals surface area contributed by atoms with Crippen molar-refractivity contribution in [1.82, 2.24) is 5.43 Å². The highest BCUT2D eigenvalue weighted by Gasteiger charge is 2.19. The highest BCUT2D eigenvalue weighted by molar-refractivity contribution is 7.12. The van der Waals surface area contributed by atoms with Crippen molar-refractivity contribution >= 4 is 11.3 Å². The maximum Gasteiger partial charge on any atom is 0.0954 e. The van der Waals surface area contributed by atoms with E-state index < -0.39 is 0 Å². The smallest absolute Gasteiger partial charge is 0.0954 e. The molecule has 2 aromatic heterocycles. The molecule has 0 bridgehead atoms. The molecule has 1 aliphatic rings. The van der Waals surface area contributed by atoms with E-state index in [1.54, 1.807) is 17.4 Å². The number of rotatable bonds is 3. The van der Waals surface area contributed by atoms with Gasteiger partial charge in [0.1, 0.15) is 0 Å². The molecular formula is C14H18N2OS. The summed E-state index contributed by atoms with van der Waals surface area (Å²) in [7, 11) is 0. The van der Waals surface area contributed by atoms with Gasteiger partial charge in [0.2, 0.25) is 0 Å². The maximum atomic E-state index is 5.70. The van der Waals surface area contributed by atoms with Crippen LogP contribution in [0.25, 0.3) is 0 Å². The molecule has 0 saturated heterocycles. The Morgan fingerprint density at radius 3 is 2.94 bits per heavy atom. The highest BCUT2D eigenvalue weighted by Crippen LogP contribution is 2.34. The van der Waals surface area contributed by atoms with E-state index in [-0.39, 0.29) is 6.04 Å². The van der Waals surface area contributed by atoms with Crippen molar-refractivity contribution in [3.8, 4) is 0 Å². The number of hydrogen-bond acceptors (Lipinski definition) is 4. The van der Waals surface area contributed by atoms with Gasteiger partial charge in [-0.05, 0) is 43.4 Å². The number of thiophene rings is 1. The van der Waals surface area contributed by atoms with Crippen molar-refractivity contribution in [2.75, 3.05) is 0 Å². The van der Waals surface area contributed by atoms with E-state index in [1.165, 1.54) is 42.5 Å². The van der Waals surface area contributed by atoms with Gasteiger partial charge in [0.05, 0.1) is 18.6 Å². The van der Waals surface area contributed by atoms with Crippen LogP contribution in [0.3, 0.4) is 0 Å². The number of fused-ring (bicyclic) bond motifs is 1. The zero-order valence-corrected chi connectivity index (χ0v) is 11.1. The van der Waals surface area contributed by atoms with Crippen LogP contribution in [-0.4, -0.2) is 0 Å². The van der Waals surface area contributed by atoms with Gasteiger partial charge in [-0.25, -0.2) is 5.43 Å². The molecule has 1 aliphatic carbocycles. The lowest BCUT2D eigenvalue weighted by Gasteiger charge is -2.11. The van der Waals surface area contributed by atoms with Crippen molar-refractivity contribution < 1.29 is 4.42 Å². The quantitative estimate of drug-likeness (QED) is 0.507. The monoisotopic (exact) mass is 262 g/mol. The van der Waals surface area contributed by atoms with Crippen molar-refractivity contribution in [3.63, 3.8) is 0 Å². The summed E-state index contributed by atoms with van der Waals surface area (Å²) in [6.07, 6.45) is 9.89. The number of aryl methyl sites for hydroxylation is 2. The lowest BCUT2D eigenvalue weighted by atomic mass is 10.1. The molecule has 0 aliphatic heterocycles. The van der Waals surface area contributed by atoms with Gasteiger partial charge in [0.25, 0.3) is 0 Å². The third kappa shape index (κ3) is 2.23. The van der Waals surface area contributed by atoms with E-state index in [2.05, 4.69) is 11.5 Å². The molecule has 0 aromatic carbocycles. The van der Waals surface area contributed by atoms with Gasteiger partial charge < -0.3 is 4.42 Å². The molecule has 1 atom stereocenters. The molecule has 3 N–H and O–H groups in total. The Balaban J connectivity index is 1.91. The third-order valence-corrected chi connectivity index (χ3v) is 4.90. The molecule has 3 nitrogen and oxygen atoms in total. The number of hydrogen-bond donors (Lipinski definition) is 2. The molecule has 18 heavy (non-hydrogen) atoms. The fourth-order valence-corrected chi connectivity index (χ4v) is 3.96. The van der Waals surface area contributed by atoms with Gasteiger partial charge in [0, 0.05) is 15.3 Å². The normalized spacial score (nSPS) is 17.2. The van der Waals surface area contributed by atoms with E-state index >= 15 is 0 Å². The van der Waals surface area contributed by atoms with Gasteiger partial charge in [0.15, 0.2) is 0 Å². The fraction of sp³-hybridized carbons (Fsp3) is 0.429. The Kier molecular flexibility index (Phi) is 3.50. The summed E-state index contributed by atoms with van der Waals surface area (Å²) in [5.41, 5.74) is 5.51. The Labute approximate surface area is 111 Å². The van der Waals surface area contributed by atoms with E-state index in [0.29, 0.717) is 0 Å². The van der Waals surface area contributed by atoms with Crippen LogP contribution >= 0.6 is 11.3 Å². The highest BCUT2D eigenvalue weighted by atomic mass is 32.1. The van der Waals surface area contributed by atoms with E-state index in [4.69, 9.17) is 10.3 Å². The van der Waals surface area contributed by atoms with Crippen LogP contribution in [-0.2, 0) is 12.8 Å². The SMILES string of the molecule is NNC(c1ccoc1)c1cc2c(s1)CCCCC2. The molecule has 0 saturated carbocycles. The Morgan fingerprint density at radius 2 is 2.17 bits per heavy atom. The molecular weight excluding hydrogens is 244 g/mol. The molecule has 3 rings (SSSR count). The largest absolute Gasteiger partial charge is 0.472 e. The predicted octanol–water partition coefficient (Wildman–Crippen LogP) is 3.16. The van der Waals surface area contributed by atoms with Gasteiger partial charge in [-0.1, -0.05) is 6.42 Å². The van der Waals surface area contributed by atoms with E-state index in [0.717, 1.165) is 5.56 Å². The molecule has 0 radical (unpaired) electrons. The van der Waals surface area contributed by atoms with Crippen LogP contribution in [0.5, 0.6) is 0 Å². The third-order valence-electron chi connectivity index (χ3n) is 3.59. The molecule has 96 valence electrons. The zero-order chi connectivity index (χ0) is 12.4. The van der Waals surface area contributed by atoms with Crippen LogP contribution in [0.15, 0.2) is 29.1 Å². The second-order valence-electron chi connectivity index (χ2n) is 4.81. The van der Waals surface area contributed by atoms with E-state index in [9.17, 15) is 0 Å². The first-order chi connectivity index (χ1) is 8.88. The summed E-state index contributed by atoms with van der Waals surface area (Å²) in [4.78, 5) is 2.84. The first-order valence-electron chi connectivity index (χ1n) is 6.48. The van der Waals surface area contributed by atoms with Crippen molar-refractivity contribution in [2.24, 2.45) is 5.84 Å². The van der Waals surface area contributed by atoms with Crippen molar-refractivity contribution in [1.29, 1.82) is 0 Å². The first kappa shape index (κ1) is 12.0. The van der Waals surface area contributed by atoms with Crippen molar-refractivity contribution in [2.45, 2.75) is 38.1 Å². The molecule has 1 unspecified atom stereocenters. The van der Waals surface area contributed by atoms with Crippen LogP contribution in [0.1, 0.15) is 46.2 Å². The zero-order valence-electron chi connectivity index (χ0n) is 10.3. The average Bonchev–Trinajstić information content (AvgIpc) is 2.98. The molecule has 0 spiro atoms. The second-order valence-corrected chi connectivity index (χ2v) is 5.98. The van der Waals surface area contributed by atoms with E-state index in [1.807, 2.05) is 17.4 Å². The Morgan fingerprint density at radius 1 is 1.28 bits per heavy atom. The van der Waals surface area contributed by atoms with Crippen LogP contribution < -0.4 is 11.3 Å². The lowest BCUT2D eigenvalue weighted by molar-refractivity contribution is 0.554. The van der Waals surface area contributed by atoms with Crippen LogP contribution in [0.4, 0.5) is 0 Å². The summed E-state index contributed by atoms with van der Waals surface area (Å²) in [6.45, 7) is 0. The topological polar surface area (TPSA) is 51.2 Å². The Bertz CT molecular complexity index is 480. The Hall–Kier alpha value is -1.10. The van der Waals surface area contributed by atoms with Crippen LogP contribution in [0, 0.1) is 0 Å². The molecule has 2 aromatic rings. The minimum atomic E-state index is 0.0562. The molecule has 2 heterocycles. The van der Waals surface area contributed by atoms with Crippen molar-refractivity contribution in [3.05, 3.63) is 45.5 Å². The van der Waals surface area contributed by atoms with Gasteiger partial charge in [-0.15, -0.1) is 11.3 Å². The lowest BCUT2D eigenvalue weighted by Crippen LogP contribution is -2.27. The molecule has 0 amide bonds. The van der Waals surface area contributed by atoms with Crippen LogP contribution in [0.2, 0.25) is 0 Å². The minimum Gasteiger partial charge on any atom is -0.472 e. The first-order valence-corrected chi connectivity index (χ1v) is 7.30. The summed E-state index contributed by atoms with van der Waals surface area (Å²) in [5, 5.41) is 0. The van der Waals surface area contributed by atoms with Gasteiger partial charge in [-0.3, -0.25) is 5.84 Å². The van der Waals surface area contributed by atoms with Gasteiger partial charge in [-0.2, -0.15) is 0 Å². The number of furan rings is 1. The number of nitrogens with two attached hydrogens (primary N) is 1. The predicted molar refractivity (Wildman–Crippen MR) is 73.5 cm³/mol. The summed E-state index contributed by atoms with van der Waals surface area (Å²) < 4.78 is 5.15. The standard InChI is InChI=1S/C14H18N2OS/c15-16-14(11-6-7-17-9-11)13-8-10-4-2-1-3-5-12(10)18-13/h6-9,14,16H,1-5,15H2. The minimum absolute atomic E-state index is 0.0562. The summed E-state index contributed by atoms with van der Waals surface area (Å²) in [5.74, 6) is 5.70. The number of hydrazine groups is 1. The maximum absolute atomic E-state index is 5.70. The molecule has 4 heteroatoms. The number of nitrogens with one attached hydrogen (secondary N) is 1. The average molecular weight is 262 g/mol. The summed E-state index contributed by atoms with van der Waals surface area (Å²) >= 11 is 1.90.